The Morgan fingerprint density at radius 2 is 0.929 bits per heavy atom. The maximum atomic E-state index is 6.36. The summed E-state index contributed by atoms with van der Waals surface area (Å²) in [6.07, 6.45) is 7.02. The Kier molecular flexibility index (Phi) is 3.89. The molecule has 0 aromatic heterocycles. The summed E-state index contributed by atoms with van der Waals surface area (Å²) in [5, 5.41) is 0. The van der Waals surface area contributed by atoms with Crippen molar-refractivity contribution in [2.75, 3.05) is 11.5 Å². The minimum atomic E-state index is 0.125. The average molecular weight is 375 g/mol. The second-order valence-electron chi connectivity index (χ2n) is 10.2. The van der Waals surface area contributed by atoms with Gasteiger partial charge in [-0.2, -0.15) is 0 Å². The van der Waals surface area contributed by atoms with Gasteiger partial charge in [-0.15, -0.1) is 0 Å². The van der Waals surface area contributed by atoms with Crippen molar-refractivity contribution in [3.8, 4) is 0 Å². The van der Waals surface area contributed by atoms with Crippen molar-refractivity contribution in [1.29, 1.82) is 0 Å². The highest BCUT2D eigenvalue weighted by Gasteiger charge is 2.58. The van der Waals surface area contributed by atoms with Crippen molar-refractivity contribution in [3.05, 3.63) is 57.6 Å². The molecule has 2 aromatic rings. The zero-order valence-electron chi connectivity index (χ0n) is 17.8. The Balaban J connectivity index is 1.79. The van der Waals surface area contributed by atoms with Crippen LogP contribution in [0.4, 0.5) is 11.4 Å². The van der Waals surface area contributed by atoms with E-state index in [2.05, 4.69) is 52.0 Å². The van der Waals surface area contributed by atoms with E-state index in [0.29, 0.717) is 0 Å². The number of anilines is 2. The van der Waals surface area contributed by atoms with Crippen LogP contribution in [0.1, 0.15) is 65.5 Å². The molecule has 0 unspecified atom stereocenters. The molecule has 2 nitrogen and oxygen atoms in total. The van der Waals surface area contributed by atoms with Crippen molar-refractivity contribution >= 4 is 11.4 Å². The smallest absolute Gasteiger partial charge is 0.0373 e. The summed E-state index contributed by atoms with van der Waals surface area (Å²) in [5.74, 6) is 3.38. The first-order valence-electron chi connectivity index (χ1n) is 11.0. The predicted octanol–water partition coefficient (Wildman–Crippen LogP) is 5.83. The van der Waals surface area contributed by atoms with E-state index in [4.69, 9.17) is 11.5 Å². The first kappa shape index (κ1) is 18.1. The quantitative estimate of drug-likeness (QED) is 0.650. The third kappa shape index (κ3) is 2.33. The molecule has 2 aromatic carbocycles. The van der Waals surface area contributed by atoms with Gasteiger partial charge in [-0.25, -0.2) is 0 Å². The van der Waals surface area contributed by atoms with Crippen LogP contribution in [-0.4, -0.2) is 0 Å². The van der Waals surface area contributed by atoms with Crippen LogP contribution >= 0.6 is 0 Å². The molecule has 4 bridgehead atoms. The third-order valence-corrected chi connectivity index (χ3v) is 8.57. The van der Waals surface area contributed by atoms with E-state index in [9.17, 15) is 0 Å². The summed E-state index contributed by atoms with van der Waals surface area (Å²) < 4.78 is 0. The molecule has 0 saturated heterocycles. The van der Waals surface area contributed by atoms with E-state index >= 15 is 0 Å². The van der Waals surface area contributed by atoms with Crippen LogP contribution in [0.2, 0.25) is 0 Å². The zero-order chi connectivity index (χ0) is 19.8. The van der Waals surface area contributed by atoms with Gasteiger partial charge in [0.25, 0.3) is 0 Å². The molecule has 28 heavy (non-hydrogen) atoms. The number of nitrogens with two attached hydrogens (primary N) is 2. The summed E-state index contributed by atoms with van der Waals surface area (Å²) in [5.41, 5.74) is 22.7. The van der Waals surface area contributed by atoms with E-state index in [1.54, 1.807) is 0 Å². The summed E-state index contributed by atoms with van der Waals surface area (Å²) in [7, 11) is 0. The van der Waals surface area contributed by atoms with Gasteiger partial charge in [0.2, 0.25) is 0 Å². The lowest BCUT2D eigenvalue weighted by atomic mass is 9.42. The fraction of sp³-hybridized carbons (Fsp3) is 0.538. The van der Waals surface area contributed by atoms with Gasteiger partial charge in [-0.05, 0) is 117 Å². The van der Waals surface area contributed by atoms with Gasteiger partial charge in [0.15, 0.2) is 0 Å². The maximum absolute atomic E-state index is 6.36. The average Bonchev–Trinajstić information content (AvgIpc) is 2.63. The second-order valence-corrected chi connectivity index (χ2v) is 10.2. The minimum absolute atomic E-state index is 0.125. The van der Waals surface area contributed by atoms with E-state index in [1.165, 1.54) is 65.5 Å². The number of rotatable bonds is 2. The topological polar surface area (TPSA) is 52.0 Å². The highest BCUT2D eigenvalue weighted by atomic mass is 14.6. The first-order valence-corrected chi connectivity index (χ1v) is 11.0. The Hall–Kier alpha value is -1.96. The Labute approximate surface area is 169 Å². The summed E-state index contributed by atoms with van der Waals surface area (Å²) in [6, 6.07) is 9.63. The van der Waals surface area contributed by atoms with Gasteiger partial charge in [0.05, 0.1) is 0 Å². The molecule has 0 amide bonds. The summed E-state index contributed by atoms with van der Waals surface area (Å²) in [4.78, 5) is 0. The largest absolute Gasteiger partial charge is 0.398 e. The molecule has 4 aliphatic rings. The molecule has 6 rings (SSSR count). The third-order valence-electron chi connectivity index (χ3n) is 8.57. The predicted molar refractivity (Wildman–Crippen MR) is 118 cm³/mol. The van der Waals surface area contributed by atoms with Gasteiger partial charge in [-0.3, -0.25) is 0 Å². The minimum Gasteiger partial charge on any atom is -0.398 e. The number of hydrogen-bond acceptors (Lipinski definition) is 2. The van der Waals surface area contributed by atoms with Crippen molar-refractivity contribution in [2.24, 2.45) is 23.7 Å². The van der Waals surface area contributed by atoms with Gasteiger partial charge in [0, 0.05) is 16.8 Å². The summed E-state index contributed by atoms with van der Waals surface area (Å²) in [6.45, 7) is 8.70. The standard InChI is InChI=1S/C26H34N2/c1-14-5-20(6-15(2)24(14)27)26(21-7-16(3)25(28)17(4)8-21)22-10-18-9-19(12-22)13-23(26)11-18/h5-8,18-19,22-23H,9-13,27-28H2,1-4H3. The van der Waals surface area contributed by atoms with Crippen LogP contribution in [0, 0.1) is 51.4 Å². The lowest BCUT2D eigenvalue weighted by molar-refractivity contribution is -0.0418. The fourth-order valence-corrected chi connectivity index (χ4v) is 7.46. The molecule has 4 saturated carbocycles. The van der Waals surface area contributed by atoms with Crippen LogP contribution < -0.4 is 11.5 Å². The first-order chi connectivity index (χ1) is 13.3. The van der Waals surface area contributed by atoms with Crippen molar-refractivity contribution in [3.63, 3.8) is 0 Å². The van der Waals surface area contributed by atoms with E-state index < -0.39 is 0 Å². The van der Waals surface area contributed by atoms with Crippen molar-refractivity contribution < 1.29 is 0 Å². The molecular formula is C26H34N2. The van der Waals surface area contributed by atoms with Crippen LogP contribution in [0.15, 0.2) is 24.3 Å². The van der Waals surface area contributed by atoms with Crippen LogP contribution in [0.3, 0.4) is 0 Å². The molecule has 0 spiro atoms. The second kappa shape index (κ2) is 6.02. The number of benzene rings is 2. The van der Waals surface area contributed by atoms with E-state index in [1.807, 2.05) is 0 Å². The SMILES string of the molecule is Cc1cc(C2(c3cc(C)c(N)c(C)c3)C3CC4CC(C3)CC2C4)cc(C)c1N. The highest BCUT2D eigenvalue weighted by Crippen LogP contribution is 2.65. The van der Waals surface area contributed by atoms with Gasteiger partial charge in [0.1, 0.15) is 0 Å². The Morgan fingerprint density at radius 3 is 1.25 bits per heavy atom. The molecule has 4 fully saturated rings. The van der Waals surface area contributed by atoms with Gasteiger partial charge in [-0.1, -0.05) is 24.3 Å². The Morgan fingerprint density at radius 1 is 0.607 bits per heavy atom. The monoisotopic (exact) mass is 374 g/mol. The van der Waals surface area contributed by atoms with Crippen molar-refractivity contribution in [1.82, 2.24) is 0 Å². The normalized spacial score (nSPS) is 30.0. The fourth-order valence-electron chi connectivity index (χ4n) is 7.46. The zero-order valence-corrected chi connectivity index (χ0v) is 17.8. The summed E-state index contributed by atoms with van der Waals surface area (Å²) >= 11 is 0. The van der Waals surface area contributed by atoms with Gasteiger partial charge >= 0.3 is 0 Å². The highest BCUT2D eigenvalue weighted by molar-refractivity contribution is 5.61. The Bertz CT molecular complexity index is 821. The molecule has 0 atom stereocenters. The molecule has 0 heterocycles. The van der Waals surface area contributed by atoms with Crippen molar-refractivity contribution in [2.45, 2.75) is 65.2 Å². The molecule has 4 aliphatic carbocycles. The lowest BCUT2D eigenvalue weighted by Crippen LogP contribution is -2.56. The number of nitrogen functional groups attached to an aromatic ring is 2. The molecule has 0 radical (unpaired) electrons. The van der Waals surface area contributed by atoms with Crippen LogP contribution in [0.5, 0.6) is 0 Å². The van der Waals surface area contributed by atoms with E-state index in [0.717, 1.165) is 35.0 Å². The maximum Gasteiger partial charge on any atom is 0.0373 e. The number of aryl methyl sites for hydroxylation is 4. The molecule has 148 valence electrons. The molecular weight excluding hydrogens is 340 g/mol. The molecule has 0 aliphatic heterocycles. The van der Waals surface area contributed by atoms with Gasteiger partial charge < -0.3 is 11.5 Å². The number of hydrogen-bond donors (Lipinski definition) is 2. The van der Waals surface area contributed by atoms with Crippen LogP contribution in [0.25, 0.3) is 0 Å². The molecule has 4 N–H and O–H groups in total. The van der Waals surface area contributed by atoms with E-state index in [-0.39, 0.29) is 5.41 Å². The molecule has 2 heteroatoms. The lowest BCUT2D eigenvalue weighted by Gasteiger charge is -2.62. The van der Waals surface area contributed by atoms with Crippen LogP contribution in [-0.2, 0) is 5.41 Å².